The maximum absolute atomic E-state index is 8.56. The van der Waals surface area contributed by atoms with Crippen molar-refractivity contribution < 1.29 is 4.74 Å². The first-order chi connectivity index (χ1) is 7.22. The van der Waals surface area contributed by atoms with Crippen molar-refractivity contribution in [2.45, 2.75) is 19.4 Å². The number of likely N-dealkylation sites (tertiary alicyclic amines) is 1. The molecule has 0 aromatic heterocycles. The van der Waals surface area contributed by atoms with Crippen LogP contribution in [-0.2, 0) is 4.74 Å². The third-order valence-electron chi connectivity index (χ3n) is 2.79. The van der Waals surface area contributed by atoms with Crippen LogP contribution < -0.4 is 0 Å². The smallest absolute Gasteiger partial charge is 0.208 e. The minimum Gasteiger partial charge on any atom is -0.379 e. The second kappa shape index (κ2) is 5.99. The van der Waals surface area contributed by atoms with Crippen molar-refractivity contribution in [1.29, 1.82) is 5.26 Å². The van der Waals surface area contributed by atoms with Crippen LogP contribution in [0.3, 0.4) is 0 Å². The van der Waals surface area contributed by atoms with Crippen LogP contribution in [0.25, 0.3) is 0 Å². The van der Waals surface area contributed by atoms with Gasteiger partial charge >= 0.3 is 0 Å². The number of hydrogen-bond acceptors (Lipinski definition) is 4. The number of methoxy groups -OCH3 is 1. The van der Waals surface area contributed by atoms with Gasteiger partial charge in [-0.3, -0.25) is 0 Å². The molecule has 0 spiro atoms. The minimum absolute atomic E-state index is 0.245. The van der Waals surface area contributed by atoms with E-state index in [1.165, 1.54) is 11.8 Å². The summed E-state index contributed by atoms with van der Waals surface area (Å²) in [6.07, 6.45) is 5.12. The SMILES string of the molecule is COC1CN(C(=NC#N)SC)CCC1C. The molecule has 0 aromatic carbocycles. The van der Waals surface area contributed by atoms with Crippen molar-refractivity contribution in [1.82, 2.24) is 4.90 Å². The Morgan fingerprint density at radius 2 is 2.40 bits per heavy atom. The molecule has 2 atom stereocenters. The minimum atomic E-state index is 0.245. The van der Waals surface area contributed by atoms with Gasteiger partial charge < -0.3 is 9.64 Å². The number of thioether (sulfide) groups is 1. The van der Waals surface area contributed by atoms with Gasteiger partial charge in [0.2, 0.25) is 6.19 Å². The van der Waals surface area contributed by atoms with Crippen molar-refractivity contribution in [2.75, 3.05) is 26.5 Å². The van der Waals surface area contributed by atoms with E-state index in [9.17, 15) is 0 Å². The van der Waals surface area contributed by atoms with Gasteiger partial charge in [0.1, 0.15) is 0 Å². The van der Waals surface area contributed by atoms with Crippen LogP contribution in [0.2, 0.25) is 0 Å². The molecule has 1 aliphatic heterocycles. The van der Waals surface area contributed by atoms with E-state index in [-0.39, 0.29) is 6.10 Å². The molecular formula is C10H17N3OS. The number of aliphatic imine (C=N–C) groups is 1. The van der Waals surface area contributed by atoms with Crippen LogP contribution in [-0.4, -0.2) is 42.6 Å². The van der Waals surface area contributed by atoms with Crippen LogP contribution in [0.15, 0.2) is 4.99 Å². The topological polar surface area (TPSA) is 48.6 Å². The Hall–Kier alpha value is -0.730. The first kappa shape index (κ1) is 12.3. The maximum atomic E-state index is 8.56. The van der Waals surface area contributed by atoms with Gasteiger partial charge in [-0.25, -0.2) is 0 Å². The summed E-state index contributed by atoms with van der Waals surface area (Å²) in [6, 6.07) is 0. The highest BCUT2D eigenvalue weighted by atomic mass is 32.2. The standard InChI is InChI=1S/C10H17N3OS/c1-8-4-5-13(6-9(8)14-2)10(15-3)12-7-11/h8-9H,4-6H2,1-3H3. The lowest BCUT2D eigenvalue weighted by Gasteiger charge is -2.37. The summed E-state index contributed by atoms with van der Waals surface area (Å²) < 4.78 is 5.42. The van der Waals surface area contributed by atoms with Crippen molar-refractivity contribution in [2.24, 2.45) is 10.9 Å². The monoisotopic (exact) mass is 227 g/mol. The molecule has 0 bridgehead atoms. The fourth-order valence-corrected chi connectivity index (χ4v) is 2.36. The molecular weight excluding hydrogens is 210 g/mol. The Morgan fingerprint density at radius 3 is 2.93 bits per heavy atom. The maximum Gasteiger partial charge on any atom is 0.208 e. The average molecular weight is 227 g/mol. The van der Waals surface area contributed by atoms with E-state index < -0.39 is 0 Å². The summed E-state index contributed by atoms with van der Waals surface area (Å²) in [5.74, 6) is 0.580. The largest absolute Gasteiger partial charge is 0.379 e. The highest BCUT2D eigenvalue weighted by Gasteiger charge is 2.27. The molecule has 1 aliphatic rings. The van der Waals surface area contributed by atoms with Gasteiger partial charge in [-0.1, -0.05) is 18.7 Å². The van der Waals surface area contributed by atoms with E-state index in [0.29, 0.717) is 5.92 Å². The van der Waals surface area contributed by atoms with Crippen molar-refractivity contribution in [3.05, 3.63) is 0 Å². The Morgan fingerprint density at radius 1 is 1.67 bits per heavy atom. The molecule has 0 N–H and O–H groups in total. The molecule has 0 aliphatic carbocycles. The van der Waals surface area contributed by atoms with Gasteiger partial charge in [0.05, 0.1) is 6.10 Å². The van der Waals surface area contributed by atoms with Crippen LogP contribution in [0.1, 0.15) is 13.3 Å². The number of rotatable bonds is 1. The first-order valence-electron chi connectivity index (χ1n) is 5.01. The van der Waals surface area contributed by atoms with Crippen LogP contribution in [0.4, 0.5) is 0 Å². The number of piperidine rings is 1. The van der Waals surface area contributed by atoms with Crippen molar-refractivity contribution >= 4 is 16.9 Å². The predicted molar refractivity (Wildman–Crippen MR) is 62.7 cm³/mol. The fraction of sp³-hybridized carbons (Fsp3) is 0.800. The lowest BCUT2D eigenvalue weighted by atomic mass is 9.96. The number of amidine groups is 1. The number of hydrogen-bond donors (Lipinski definition) is 0. The van der Waals surface area contributed by atoms with Gasteiger partial charge in [-0.2, -0.15) is 5.26 Å². The lowest BCUT2D eigenvalue weighted by Crippen LogP contribution is -2.45. The molecule has 1 fully saturated rings. The number of ether oxygens (including phenoxy) is 1. The van der Waals surface area contributed by atoms with E-state index in [1.54, 1.807) is 7.11 Å². The first-order valence-corrected chi connectivity index (χ1v) is 6.24. The van der Waals surface area contributed by atoms with E-state index in [1.807, 2.05) is 12.4 Å². The van der Waals surface area contributed by atoms with Crippen LogP contribution in [0, 0.1) is 17.4 Å². The molecule has 0 aromatic rings. The molecule has 0 radical (unpaired) electrons. The molecule has 5 heteroatoms. The van der Waals surface area contributed by atoms with Crippen LogP contribution in [0.5, 0.6) is 0 Å². The summed E-state index contributed by atoms with van der Waals surface area (Å²) >= 11 is 1.51. The normalized spacial score (nSPS) is 27.6. The molecule has 15 heavy (non-hydrogen) atoms. The zero-order chi connectivity index (χ0) is 11.3. The highest BCUT2D eigenvalue weighted by Crippen LogP contribution is 2.21. The number of nitriles is 1. The molecule has 84 valence electrons. The van der Waals surface area contributed by atoms with E-state index in [4.69, 9.17) is 10.00 Å². The van der Waals surface area contributed by atoms with E-state index in [2.05, 4.69) is 16.8 Å². The van der Waals surface area contributed by atoms with Crippen molar-refractivity contribution in [3.63, 3.8) is 0 Å². The fourth-order valence-electron chi connectivity index (χ4n) is 1.80. The third kappa shape index (κ3) is 3.11. The summed E-state index contributed by atoms with van der Waals surface area (Å²) in [6.45, 7) is 3.99. The summed E-state index contributed by atoms with van der Waals surface area (Å²) in [7, 11) is 1.74. The van der Waals surface area contributed by atoms with E-state index >= 15 is 0 Å². The van der Waals surface area contributed by atoms with Gasteiger partial charge in [0, 0.05) is 20.2 Å². The van der Waals surface area contributed by atoms with Gasteiger partial charge in [-0.15, -0.1) is 4.99 Å². The lowest BCUT2D eigenvalue weighted by molar-refractivity contribution is 0.0158. The zero-order valence-corrected chi connectivity index (χ0v) is 10.3. The Balaban J connectivity index is 2.65. The highest BCUT2D eigenvalue weighted by molar-refractivity contribution is 8.13. The predicted octanol–water partition coefficient (Wildman–Crippen LogP) is 1.54. The molecule has 1 heterocycles. The molecule has 2 unspecified atom stereocenters. The Kier molecular flexibility index (Phi) is 4.92. The molecule has 0 amide bonds. The van der Waals surface area contributed by atoms with Gasteiger partial charge in [-0.05, 0) is 18.6 Å². The summed E-state index contributed by atoms with van der Waals surface area (Å²) in [5, 5.41) is 9.36. The summed E-state index contributed by atoms with van der Waals surface area (Å²) in [5.41, 5.74) is 0. The number of nitrogens with zero attached hydrogens (tertiary/aromatic N) is 3. The Bertz CT molecular complexity index is 274. The molecule has 1 rings (SSSR count). The van der Waals surface area contributed by atoms with Gasteiger partial charge in [0.25, 0.3) is 0 Å². The van der Waals surface area contributed by atoms with Crippen molar-refractivity contribution in [3.8, 4) is 6.19 Å². The molecule has 0 saturated carbocycles. The quantitative estimate of drug-likeness (QED) is 0.387. The zero-order valence-electron chi connectivity index (χ0n) is 9.43. The average Bonchev–Trinajstić information content (AvgIpc) is 2.27. The second-order valence-electron chi connectivity index (χ2n) is 3.68. The summed E-state index contributed by atoms with van der Waals surface area (Å²) in [4.78, 5) is 5.94. The second-order valence-corrected chi connectivity index (χ2v) is 4.46. The molecule has 1 saturated heterocycles. The Labute approximate surface area is 95.3 Å². The van der Waals surface area contributed by atoms with Gasteiger partial charge in [0.15, 0.2) is 5.17 Å². The van der Waals surface area contributed by atoms with Crippen LogP contribution >= 0.6 is 11.8 Å². The molecule has 4 nitrogen and oxygen atoms in total. The third-order valence-corrected chi connectivity index (χ3v) is 3.51. The van der Waals surface area contributed by atoms with E-state index in [0.717, 1.165) is 24.7 Å².